The first-order chi connectivity index (χ1) is 9.55. The molecule has 1 aliphatic heterocycles. The van der Waals surface area contributed by atoms with Crippen LogP contribution in [0.15, 0.2) is 6.20 Å². The zero-order chi connectivity index (χ0) is 14.1. The van der Waals surface area contributed by atoms with Gasteiger partial charge in [0.05, 0.1) is 6.20 Å². The number of fused-ring (bicyclic) bond motifs is 1. The standard InChI is InChI=1S/C14H17ClN4O/c1-8-6-14(8)12(20)18(2)10-7-16-13(15)17-11(10)19(14)9-4-3-5-9/h7-9H,3-6H2,1-2H3/t8-,14?/m1/s1. The number of carbonyl (C=O) groups is 1. The smallest absolute Gasteiger partial charge is 0.253 e. The van der Waals surface area contributed by atoms with Crippen molar-refractivity contribution in [2.24, 2.45) is 5.92 Å². The van der Waals surface area contributed by atoms with Crippen LogP contribution in [0.3, 0.4) is 0 Å². The van der Waals surface area contributed by atoms with Gasteiger partial charge < -0.3 is 9.80 Å². The third kappa shape index (κ3) is 1.36. The van der Waals surface area contributed by atoms with E-state index in [-0.39, 0.29) is 16.7 Å². The number of anilines is 2. The molecule has 1 aromatic heterocycles. The molecule has 2 aliphatic carbocycles. The Hall–Kier alpha value is -1.36. The summed E-state index contributed by atoms with van der Waals surface area (Å²) in [6, 6.07) is 0.419. The first-order valence-electron chi connectivity index (χ1n) is 7.15. The van der Waals surface area contributed by atoms with Crippen LogP contribution < -0.4 is 9.80 Å². The average molecular weight is 293 g/mol. The predicted molar refractivity (Wildman–Crippen MR) is 77.1 cm³/mol. The van der Waals surface area contributed by atoms with Gasteiger partial charge in [-0.3, -0.25) is 4.79 Å². The summed E-state index contributed by atoms with van der Waals surface area (Å²) in [7, 11) is 1.81. The molecule has 0 radical (unpaired) electrons. The van der Waals surface area contributed by atoms with E-state index >= 15 is 0 Å². The highest BCUT2D eigenvalue weighted by molar-refractivity contribution is 6.28. The molecule has 0 saturated heterocycles. The molecule has 2 saturated carbocycles. The van der Waals surface area contributed by atoms with Crippen LogP contribution in [0.1, 0.15) is 32.6 Å². The number of nitrogens with zero attached hydrogens (tertiary/aromatic N) is 4. The topological polar surface area (TPSA) is 49.3 Å². The Kier molecular flexibility index (Phi) is 2.38. The number of hydrogen-bond acceptors (Lipinski definition) is 4. The first kappa shape index (κ1) is 12.4. The number of likely N-dealkylation sites (N-methyl/N-ethyl adjacent to an activating group) is 1. The molecule has 1 spiro atoms. The SMILES string of the molecule is C[C@@H]1CC12C(=O)N(C)c1cnc(Cl)nc1N2C1CCC1. The summed E-state index contributed by atoms with van der Waals surface area (Å²) in [6.45, 7) is 2.14. The molecule has 20 heavy (non-hydrogen) atoms. The van der Waals surface area contributed by atoms with Gasteiger partial charge >= 0.3 is 0 Å². The molecule has 1 amide bonds. The van der Waals surface area contributed by atoms with Crippen molar-refractivity contribution in [1.29, 1.82) is 0 Å². The minimum atomic E-state index is -0.384. The highest BCUT2D eigenvalue weighted by atomic mass is 35.5. The minimum absolute atomic E-state index is 0.176. The molecule has 2 fully saturated rings. The Balaban J connectivity index is 1.90. The Morgan fingerprint density at radius 3 is 2.70 bits per heavy atom. The third-order valence-electron chi connectivity index (χ3n) is 5.13. The van der Waals surface area contributed by atoms with Crippen molar-refractivity contribution >= 4 is 29.0 Å². The fraction of sp³-hybridized carbons (Fsp3) is 0.643. The van der Waals surface area contributed by atoms with Crippen molar-refractivity contribution in [3.8, 4) is 0 Å². The molecular formula is C14H17ClN4O. The zero-order valence-electron chi connectivity index (χ0n) is 11.6. The molecule has 1 unspecified atom stereocenters. The zero-order valence-corrected chi connectivity index (χ0v) is 12.4. The molecule has 2 heterocycles. The van der Waals surface area contributed by atoms with Gasteiger partial charge in [0.1, 0.15) is 11.2 Å². The van der Waals surface area contributed by atoms with Crippen molar-refractivity contribution < 1.29 is 4.79 Å². The summed E-state index contributed by atoms with van der Waals surface area (Å²) in [4.78, 5) is 25.2. The number of rotatable bonds is 1. The summed E-state index contributed by atoms with van der Waals surface area (Å²) >= 11 is 5.99. The second kappa shape index (κ2) is 3.85. The van der Waals surface area contributed by atoms with Crippen LogP contribution >= 0.6 is 11.6 Å². The van der Waals surface area contributed by atoms with Crippen molar-refractivity contribution in [2.45, 2.75) is 44.2 Å². The van der Waals surface area contributed by atoms with Crippen LogP contribution in [0.4, 0.5) is 11.5 Å². The molecule has 2 atom stereocenters. The second-order valence-electron chi connectivity index (χ2n) is 6.20. The highest BCUT2D eigenvalue weighted by Gasteiger charge is 2.67. The van der Waals surface area contributed by atoms with Crippen molar-refractivity contribution in [2.75, 3.05) is 16.8 Å². The maximum atomic E-state index is 12.8. The normalized spacial score (nSPS) is 32.4. The van der Waals surface area contributed by atoms with E-state index in [0.717, 1.165) is 30.8 Å². The van der Waals surface area contributed by atoms with E-state index in [1.807, 2.05) is 7.05 Å². The van der Waals surface area contributed by atoms with E-state index < -0.39 is 0 Å². The Bertz CT molecular complexity index is 603. The van der Waals surface area contributed by atoms with Gasteiger partial charge in [-0.2, -0.15) is 4.98 Å². The molecule has 0 bridgehead atoms. The molecule has 0 N–H and O–H groups in total. The molecule has 106 valence electrons. The lowest BCUT2D eigenvalue weighted by Crippen LogP contribution is -2.60. The number of aromatic nitrogens is 2. The van der Waals surface area contributed by atoms with Gasteiger partial charge in [-0.25, -0.2) is 4.98 Å². The highest BCUT2D eigenvalue weighted by Crippen LogP contribution is 2.57. The first-order valence-corrected chi connectivity index (χ1v) is 7.53. The van der Waals surface area contributed by atoms with Gasteiger partial charge in [-0.1, -0.05) is 6.92 Å². The van der Waals surface area contributed by atoms with Gasteiger partial charge in [-0.05, 0) is 43.2 Å². The quantitative estimate of drug-likeness (QED) is 0.745. The lowest BCUT2D eigenvalue weighted by molar-refractivity contribution is -0.121. The number of hydrogen-bond donors (Lipinski definition) is 0. The maximum absolute atomic E-state index is 12.8. The van der Waals surface area contributed by atoms with Gasteiger partial charge in [0.2, 0.25) is 5.28 Å². The summed E-state index contributed by atoms with van der Waals surface area (Å²) in [6.07, 6.45) is 6.06. The van der Waals surface area contributed by atoms with Gasteiger partial charge in [0.15, 0.2) is 5.82 Å². The monoisotopic (exact) mass is 292 g/mol. The number of halogens is 1. The van der Waals surface area contributed by atoms with Crippen LogP contribution in [0.5, 0.6) is 0 Å². The largest absolute Gasteiger partial charge is 0.337 e. The van der Waals surface area contributed by atoms with Gasteiger partial charge in [0, 0.05) is 13.1 Å². The molecular weight excluding hydrogens is 276 g/mol. The van der Waals surface area contributed by atoms with Crippen molar-refractivity contribution in [3.63, 3.8) is 0 Å². The van der Waals surface area contributed by atoms with E-state index in [2.05, 4.69) is 21.8 Å². The van der Waals surface area contributed by atoms with Crippen molar-refractivity contribution in [3.05, 3.63) is 11.5 Å². The van der Waals surface area contributed by atoms with Crippen LogP contribution in [-0.4, -0.2) is 34.5 Å². The fourth-order valence-corrected chi connectivity index (χ4v) is 3.77. The van der Waals surface area contributed by atoms with Crippen LogP contribution in [0.25, 0.3) is 0 Å². The average Bonchev–Trinajstić information content (AvgIpc) is 3.02. The van der Waals surface area contributed by atoms with E-state index in [4.69, 9.17) is 11.6 Å². The fourth-order valence-electron chi connectivity index (χ4n) is 3.64. The Labute approximate surface area is 122 Å². The summed E-state index contributed by atoms with van der Waals surface area (Å²) in [5.74, 6) is 1.39. The summed E-state index contributed by atoms with van der Waals surface area (Å²) < 4.78 is 0. The Morgan fingerprint density at radius 2 is 2.15 bits per heavy atom. The van der Waals surface area contributed by atoms with Crippen LogP contribution in [-0.2, 0) is 4.79 Å². The molecule has 5 nitrogen and oxygen atoms in total. The maximum Gasteiger partial charge on any atom is 0.253 e. The van der Waals surface area contributed by atoms with Gasteiger partial charge in [0.25, 0.3) is 5.91 Å². The third-order valence-corrected chi connectivity index (χ3v) is 5.31. The predicted octanol–water partition coefficient (Wildman–Crippen LogP) is 2.24. The van der Waals surface area contributed by atoms with Gasteiger partial charge in [-0.15, -0.1) is 0 Å². The number of amides is 1. The minimum Gasteiger partial charge on any atom is -0.337 e. The molecule has 0 aromatic carbocycles. The second-order valence-corrected chi connectivity index (χ2v) is 6.53. The molecule has 4 rings (SSSR count). The lowest BCUT2D eigenvalue weighted by Gasteiger charge is -2.48. The van der Waals surface area contributed by atoms with Crippen LogP contribution in [0, 0.1) is 5.92 Å². The lowest BCUT2D eigenvalue weighted by atomic mass is 9.88. The van der Waals surface area contributed by atoms with Crippen LogP contribution in [0.2, 0.25) is 5.28 Å². The molecule has 3 aliphatic rings. The van der Waals surface area contributed by atoms with Crippen molar-refractivity contribution in [1.82, 2.24) is 9.97 Å². The molecule has 6 heteroatoms. The van der Waals surface area contributed by atoms with E-state index in [1.54, 1.807) is 11.1 Å². The summed E-state index contributed by atoms with van der Waals surface area (Å²) in [5.41, 5.74) is 0.390. The van der Waals surface area contributed by atoms with E-state index in [0.29, 0.717) is 12.0 Å². The Morgan fingerprint density at radius 1 is 1.45 bits per heavy atom. The molecule has 1 aromatic rings. The summed E-state index contributed by atoms with van der Waals surface area (Å²) in [5, 5.41) is 0.249. The van der Waals surface area contributed by atoms with E-state index in [1.165, 1.54) is 6.42 Å². The van der Waals surface area contributed by atoms with E-state index in [9.17, 15) is 4.79 Å². The number of carbonyl (C=O) groups excluding carboxylic acids is 1.